The number of hydrogen-bond acceptors (Lipinski definition) is 2. The minimum Gasteiger partial charge on any atom is -0.304 e. The molecule has 0 radical (unpaired) electrons. The zero-order valence-electron chi connectivity index (χ0n) is 9.81. The predicted octanol–water partition coefficient (Wildman–Crippen LogP) is 2.62. The van der Waals surface area contributed by atoms with Crippen molar-refractivity contribution in [1.82, 2.24) is 4.90 Å². The summed E-state index contributed by atoms with van der Waals surface area (Å²) in [5, 5.41) is 0. The summed E-state index contributed by atoms with van der Waals surface area (Å²) >= 11 is 0. The maximum Gasteiger partial charge on any atom is 0.416 e. The summed E-state index contributed by atoms with van der Waals surface area (Å²) in [7, 11) is 3.30. The van der Waals surface area contributed by atoms with Gasteiger partial charge >= 0.3 is 6.18 Å². The maximum absolute atomic E-state index is 13.5. The predicted molar refractivity (Wildman–Crippen MR) is 59.1 cm³/mol. The number of alkyl halides is 3. The van der Waals surface area contributed by atoms with E-state index < -0.39 is 17.6 Å². The molecule has 2 nitrogen and oxygen atoms in total. The third kappa shape index (κ3) is 3.42. The fourth-order valence-corrected chi connectivity index (χ4v) is 1.42. The number of carbonyl (C=O) groups excluding carboxylic acids is 1. The maximum atomic E-state index is 13.5. The zero-order valence-corrected chi connectivity index (χ0v) is 9.81. The molecule has 0 atom stereocenters. The van der Waals surface area contributed by atoms with Crippen LogP contribution in [0.1, 0.15) is 11.1 Å². The average Bonchev–Trinajstić information content (AvgIpc) is 2.24. The monoisotopic (exact) mass is 261 g/mol. The van der Waals surface area contributed by atoms with Crippen molar-refractivity contribution in [3.05, 3.63) is 35.1 Å². The van der Waals surface area contributed by atoms with Crippen LogP contribution in [0.4, 0.5) is 17.6 Å². The molecule has 0 spiro atoms. The summed E-state index contributed by atoms with van der Waals surface area (Å²) in [6, 6.07) is 2.07. The SMILES string of the molecule is CN(C)CC(=C=O)c1ccc(C(F)(F)F)cc1F. The van der Waals surface area contributed by atoms with E-state index in [1.165, 1.54) is 0 Å². The Morgan fingerprint density at radius 2 is 1.94 bits per heavy atom. The lowest BCUT2D eigenvalue weighted by atomic mass is 10.0. The molecular weight excluding hydrogens is 250 g/mol. The molecule has 0 aliphatic rings. The molecule has 1 aromatic rings. The van der Waals surface area contributed by atoms with E-state index in [4.69, 9.17) is 0 Å². The summed E-state index contributed by atoms with van der Waals surface area (Å²) in [4.78, 5) is 12.3. The lowest BCUT2D eigenvalue weighted by molar-refractivity contribution is -0.137. The Kier molecular flexibility index (Phi) is 4.27. The summed E-state index contributed by atoms with van der Waals surface area (Å²) < 4.78 is 50.6. The van der Waals surface area contributed by atoms with Gasteiger partial charge in [0.05, 0.1) is 11.1 Å². The van der Waals surface area contributed by atoms with E-state index in [9.17, 15) is 22.4 Å². The molecule has 0 saturated heterocycles. The molecule has 0 saturated carbocycles. The quantitative estimate of drug-likeness (QED) is 0.615. The third-order valence-electron chi connectivity index (χ3n) is 2.22. The average molecular weight is 261 g/mol. The van der Waals surface area contributed by atoms with Gasteiger partial charge in [-0.25, -0.2) is 9.18 Å². The second-order valence-corrected chi connectivity index (χ2v) is 4.01. The molecule has 0 heterocycles. The van der Waals surface area contributed by atoms with Crippen molar-refractivity contribution in [2.75, 3.05) is 20.6 Å². The standard InChI is InChI=1S/C12H11F4NO/c1-17(2)6-8(7-18)10-4-3-9(5-11(10)13)12(14,15)16/h3-5H,6H2,1-2H3. The van der Waals surface area contributed by atoms with E-state index in [1.54, 1.807) is 24.9 Å². The van der Waals surface area contributed by atoms with Gasteiger partial charge < -0.3 is 4.90 Å². The number of rotatable bonds is 3. The first kappa shape index (κ1) is 14.4. The molecule has 0 bridgehead atoms. The van der Waals surface area contributed by atoms with Gasteiger partial charge in [-0.1, -0.05) is 6.07 Å². The Morgan fingerprint density at radius 1 is 1.33 bits per heavy atom. The highest BCUT2D eigenvalue weighted by molar-refractivity contribution is 5.88. The summed E-state index contributed by atoms with van der Waals surface area (Å²) in [5.74, 6) is 0.474. The second kappa shape index (κ2) is 5.33. The molecule has 0 aliphatic carbocycles. The number of likely N-dealkylation sites (N-methyl/N-ethyl adjacent to an activating group) is 1. The number of halogens is 4. The van der Waals surface area contributed by atoms with E-state index in [0.29, 0.717) is 6.07 Å². The molecule has 0 fully saturated rings. The van der Waals surface area contributed by atoms with Crippen LogP contribution < -0.4 is 0 Å². The van der Waals surface area contributed by atoms with E-state index in [-0.39, 0.29) is 17.7 Å². The lowest BCUT2D eigenvalue weighted by Crippen LogP contribution is -2.16. The van der Waals surface area contributed by atoms with Crippen LogP contribution in [0.3, 0.4) is 0 Å². The van der Waals surface area contributed by atoms with Gasteiger partial charge in [0.15, 0.2) is 0 Å². The van der Waals surface area contributed by atoms with Crippen LogP contribution in [0.15, 0.2) is 18.2 Å². The van der Waals surface area contributed by atoms with Gasteiger partial charge in [-0.3, -0.25) is 0 Å². The topological polar surface area (TPSA) is 20.3 Å². The van der Waals surface area contributed by atoms with E-state index >= 15 is 0 Å². The summed E-state index contributed by atoms with van der Waals surface area (Å²) in [6.07, 6.45) is -4.61. The normalized spacial score (nSPS) is 11.5. The minimum atomic E-state index is -4.61. The number of hydrogen-bond donors (Lipinski definition) is 0. The smallest absolute Gasteiger partial charge is 0.304 e. The Bertz CT molecular complexity index is 487. The molecule has 18 heavy (non-hydrogen) atoms. The summed E-state index contributed by atoms with van der Waals surface area (Å²) in [6.45, 7) is 0.103. The molecule has 1 aromatic carbocycles. The van der Waals surface area contributed by atoms with Crippen molar-refractivity contribution in [2.24, 2.45) is 0 Å². The third-order valence-corrected chi connectivity index (χ3v) is 2.22. The molecule has 0 amide bonds. The van der Waals surface area contributed by atoms with Crippen molar-refractivity contribution < 1.29 is 22.4 Å². The largest absolute Gasteiger partial charge is 0.416 e. The Morgan fingerprint density at radius 3 is 2.33 bits per heavy atom. The summed E-state index contributed by atoms with van der Waals surface area (Å²) in [5.41, 5.74) is -1.27. The lowest BCUT2D eigenvalue weighted by Gasteiger charge is -2.12. The van der Waals surface area contributed by atoms with Crippen molar-refractivity contribution in [2.45, 2.75) is 6.18 Å². The molecule has 6 heteroatoms. The van der Waals surface area contributed by atoms with Gasteiger partial charge in [0.2, 0.25) is 0 Å². The van der Waals surface area contributed by atoms with Crippen molar-refractivity contribution in [1.29, 1.82) is 0 Å². The van der Waals surface area contributed by atoms with Crippen LogP contribution in [0.25, 0.3) is 5.57 Å². The highest BCUT2D eigenvalue weighted by atomic mass is 19.4. The molecule has 0 N–H and O–H groups in total. The minimum absolute atomic E-state index is 0.0220. The molecule has 98 valence electrons. The van der Waals surface area contributed by atoms with Crippen LogP contribution in [-0.4, -0.2) is 31.5 Å². The fourth-order valence-electron chi connectivity index (χ4n) is 1.42. The van der Waals surface area contributed by atoms with Crippen LogP contribution >= 0.6 is 0 Å². The van der Waals surface area contributed by atoms with E-state index in [2.05, 4.69) is 0 Å². The van der Waals surface area contributed by atoms with E-state index in [0.717, 1.165) is 12.1 Å². The van der Waals surface area contributed by atoms with Gasteiger partial charge in [0, 0.05) is 12.1 Å². The Balaban J connectivity index is 3.17. The first-order valence-corrected chi connectivity index (χ1v) is 5.01. The number of nitrogens with zero attached hydrogens (tertiary/aromatic N) is 1. The molecule has 1 rings (SSSR count). The van der Waals surface area contributed by atoms with Crippen LogP contribution in [0.5, 0.6) is 0 Å². The molecule has 0 aromatic heterocycles. The second-order valence-electron chi connectivity index (χ2n) is 4.01. The number of benzene rings is 1. The van der Waals surface area contributed by atoms with Gasteiger partial charge in [-0.2, -0.15) is 13.2 Å². The van der Waals surface area contributed by atoms with Crippen molar-refractivity contribution in [3.8, 4) is 0 Å². The van der Waals surface area contributed by atoms with Gasteiger partial charge in [0.1, 0.15) is 11.8 Å². The molecular formula is C12H11F4NO. The van der Waals surface area contributed by atoms with Gasteiger partial charge in [-0.05, 0) is 26.2 Å². The first-order chi connectivity index (χ1) is 8.25. The Hall–Kier alpha value is -1.65. The first-order valence-electron chi connectivity index (χ1n) is 5.01. The van der Waals surface area contributed by atoms with Gasteiger partial charge in [0.25, 0.3) is 0 Å². The highest BCUT2D eigenvalue weighted by Crippen LogP contribution is 2.31. The fraction of sp³-hybridized carbons (Fsp3) is 0.333. The van der Waals surface area contributed by atoms with E-state index in [1.807, 2.05) is 0 Å². The molecule has 0 aliphatic heterocycles. The Labute approximate surface area is 102 Å². The van der Waals surface area contributed by atoms with Crippen molar-refractivity contribution >= 4 is 11.5 Å². The zero-order chi connectivity index (χ0) is 13.9. The highest BCUT2D eigenvalue weighted by Gasteiger charge is 2.31. The van der Waals surface area contributed by atoms with Crippen LogP contribution in [-0.2, 0) is 11.0 Å². The molecule has 0 unspecified atom stereocenters. The van der Waals surface area contributed by atoms with Gasteiger partial charge in [-0.15, -0.1) is 0 Å². The van der Waals surface area contributed by atoms with Crippen LogP contribution in [0.2, 0.25) is 0 Å². The van der Waals surface area contributed by atoms with Crippen molar-refractivity contribution in [3.63, 3.8) is 0 Å². The van der Waals surface area contributed by atoms with Crippen LogP contribution in [0, 0.1) is 5.82 Å².